The molecule has 0 atom stereocenters. The minimum Gasteiger partial charge on any atom is -0.292 e. The average molecular weight is 434 g/mol. The Labute approximate surface area is 191 Å². The van der Waals surface area contributed by atoms with Crippen molar-refractivity contribution >= 4 is 44.8 Å². The largest absolute Gasteiger partial charge is 0.292 e. The highest BCUT2D eigenvalue weighted by atomic mass is 16.2. The number of benzene rings is 3. The molecule has 3 heterocycles. The lowest BCUT2D eigenvalue weighted by Gasteiger charge is -2.19. The van der Waals surface area contributed by atoms with Crippen molar-refractivity contribution in [3.8, 4) is 11.3 Å². The first-order valence-electron chi connectivity index (χ1n) is 11.2. The van der Waals surface area contributed by atoms with E-state index in [-0.39, 0.29) is 24.7 Å². The minimum atomic E-state index is -0.147. The molecule has 0 saturated carbocycles. The third-order valence-corrected chi connectivity index (χ3v) is 6.69. The molecule has 2 aromatic heterocycles. The summed E-state index contributed by atoms with van der Waals surface area (Å²) in [5.74, 6) is -0.294. The Balaban J connectivity index is 1.78. The molecule has 0 radical (unpaired) electrons. The summed E-state index contributed by atoms with van der Waals surface area (Å²) < 4.78 is 2.21. The number of anilines is 1. The molecule has 5 nitrogen and oxygen atoms in total. The number of fused-ring (bicyclic) bond motifs is 6. The minimum absolute atomic E-state index is 0.147. The number of nitrogens with zero attached hydrogens (tertiary/aromatic N) is 3. The molecule has 2 amide bonds. The first-order chi connectivity index (χ1) is 16.0. The molecule has 1 aliphatic heterocycles. The van der Waals surface area contributed by atoms with Crippen LogP contribution in [0.5, 0.6) is 0 Å². The van der Waals surface area contributed by atoms with Gasteiger partial charge in [0.25, 0.3) is 0 Å². The van der Waals surface area contributed by atoms with Gasteiger partial charge in [0.15, 0.2) is 0 Å². The fourth-order valence-corrected chi connectivity index (χ4v) is 5.47. The highest BCUT2D eigenvalue weighted by Gasteiger charge is 2.32. The number of carbonyl (C=O) groups is 2. The van der Waals surface area contributed by atoms with Gasteiger partial charge in [0.05, 0.1) is 23.1 Å². The second kappa shape index (κ2) is 7.01. The smallest absolute Gasteiger partial charge is 0.234 e. The number of aryl methyl sites for hydroxylation is 3. The van der Waals surface area contributed by atoms with Gasteiger partial charge in [-0.2, -0.15) is 0 Å². The topological polar surface area (TPSA) is 54.7 Å². The van der Waals surface area contributed by atoms with Gasteiger partial charge in [-0.05, 0) is 44.0 Å². The molecule has 5 heteroatoms. The number of amides is 2. The van der Waals surface area contributed by atoms with Gasteiger partial charge in [-0.25, -0.2) is 9.88 Å². The van der Waals surface area contributed by atoms with Crippen molar-refractivity contribution in [2.24, 2.45) is 0 Å². The van der Waals surface area contributed by atoms with Gasteiger partial charge in [0.1, 0.15) is 5.65 Å². The zero-order valence-electron chi connectivity index (χ0n) is 18.8. The van der Waals surface area contributed by atoms with Crippen molar-refractivity contribution in [2.45, 2.75) is 33.6 Å². The summed E-state index contributed by atoms with van der Waals surface area (Å²) in [4.78, 5) is 31.4. The van der Waals surface area contributed by atoms with Gasteiger partial charge in [-0.1, -0.05) is 48.0 Å². The van der Waals surface area contributed by atoms with Crippen LogP contribution in [0.15, 0.2) is 60.8 Å². The predicted octanol–water partition coefficient (Wildman–Crippen LogP) is 5.89. The van der Waals surface area contributed by atoms with E-state index < -0.39 is 0 Å². The number of carbonyl (C=O) groups excluding carboxylic acids is 2. The Kier molecular flexibility index (Phi) is 4.18. The highest BCUT2D eigenvalue weighted by molar-refractivity contribution is 6.27. The maximum atomic E-state index is 12.6. The third kappa shape index (κ3) is 2.75. The molecule has 0 spiro atoms. The molecule has 0 bridgehead atoms. The third-order valence-electron chi connectivity index (χ3n) is 6.69. The van der Waals surface area contributed by atoms with Crippen LogP contribution in [0, 0.1) is 20.8 Å². The summed E-state index contributed by atoms with van der Waals surface area (Å²) in [6.07, 6.45) is 2.45. The summed E-state index contributed by atoms with van der Waals surface area (Å²) in [6.45, 7) is 6.39. The van der Waals surface area contributed by atoms with E-state index in [2.05, 4.69) is 49.4 Å². The quantitative estimate of drug-likeness (QED) is 0.258. The Bertz CT molecular complexity index is 1610. The van der Waals surface area contributed by atoms with E-state index in [4.69, 9.17) is 4.98 Å². The van der Waals surface area contributed by atoms with Crippen molar-refractivity contribution in [2.75, 3.05) is 4.90 Å². The van der Waals surface area contributed by atoms with Crippen LogP contribution in [0.25, 0.3) is 38.6 Å². The van der Waals surface area contributed by atoms with E-state index in [0.29, 0.717) is 5.69 Å². The molecule has 162 valence electrons. The predicted molar refractivity (Wildman–Crippen MR) is 132 cm³/mol. The molecule has 1 aliphatic rings. The maximum Gasteiger partial charge on any atom is 0.234 e. The van der Waals surface area contributed by atoms with Crippen LogP contribution in [0.1, 0.15) is 29.5 Å². The number of para-hydroxylation sites is 1. The lowest BCUT2D eigenvalue weighted by Crippen LogP contribution is -2.28. The monoisotopic (exact) mass is 433 g/mol. The van der Waals surface area contributed by atoms with Crippen LogP contribution in [0.3, 0.4) is 0 Å². The molecular weight excluding hydrogens is 410 g/mol. The second-order valence-electron chi connectivity index (χ2n) is 8.92. The lowest BCUT2D eigenvalue weighted by atomic mass is 9.97. The number of aromatic nitrogens is 2. The summed E-state index contributed by atoms with van der Waals surface area (Å²) in [6, 6.07) is 18.4. The summed E-state index contributed by atoms with van der Waals surface area (Å²) in [5, 5.41) is 2.80. The number of hydrogen-bond acceptors (Lipinski definition) is 3. The van der Waals surface area contributed by atoms with Gasteiger partial charge in [-0.15, -0.1) is 0 Å². The fraction of sp³-hybridized carbons (Fsp3) is 0.179. The first-order valence-corrected chi connectivity index (χ1v) is 11.2. The van der Waals surface area contributed by atoms with Crippen LogP contribution >= 0.6 is 0 Å². The maximum absolute atomic E-state index is 12.6. The van der Waals surface area contributed by atoms with Crippen molar-refractivity contribution in [1.29, 1.82) is 0 Å². The van der Waals surface area contributed by atoms with E-state index in [0.717, 1.165) is 33.0 Å². The Morgan fingerprint density at radius 1 is 0.818 bits per heavy atom. The van der Waals surface area contributed by atoms with Gasteiger partial charge >= 0.3 is 0 Å². The van der Waals surface area contributed by atoms with Crippen molar-refractivity contribution in [1.82, 2.24) is 9.38 Å². The molecule has 1 fully saturated rings. The summed E-state index contributed by atoms with van der Waals surface area (Å²) in [5.41, 5.74) is 8.34. The van der Waals surface area contributed by atoms with Crippen LogP contribution in [-0.2, 0) is 9.59 Å². The molecule has 0 unspecified atom stereocenters. The fourth-order valence-electron chi connectivity index (χ4n) is 5.47. The molecule has 5 aromatic rings. The molecule has 6 rings (SSSR count). The Hall–Kier alpha value is -3.99. The Morgan fingerprint density at radius 2 is 1.48 bits per heavy atom. The van der Waals surface area contributed by atoms with Gasteiger partial charge in [-0.3, -0.25) is 14.0 Å². The lowest BCUT2D eigenvalue weighted by molar-refractivity contribution is -0.121. The van der Waals surface area contributed by atoms with E-state index >= 15 is 0 Å². The zero-order chi connectivity index (χ0) is 22.9. The molecule has 0 aliphatic carbocycles. The standard InChI is InChI=1S/C28H23N3O2/c1-16-13-17(2)26(18(3)14-16)23-15-29-28-20-8-6-10-22(31-24(32)11-12-25(31)33)27(20)19-7-4-5-9-21(19)30(23)28/h4-10,13-15H,11-12H2,1-3H3. The van der Waals surface area contributed by atoms with Crippen molar-refractivity contribution in [3.63, 3.8) is 0 Å². The highest BCUT2D eigenvalue weighted by Crippen LogP contribution is 2.40. The second-order valence-corrected chi connectivity index (χ2v) is 8.92. The Morgan fingerprint density at radius 3 is 2.21 bits per heavy atom. The SMILES string of the molecule is Cc1cc(C)c(-c2cnc3c4cccc(N5C(=O)CCC5=O)c4c4ccccc4n23)c(C)c1. The van der Waals surface area contributed by atoms with Gasteiger partial charge in [0.2, 0.25) is 11.8 Å². The number of imide groups is 1. The first kappa shape index (κ1) is 19.7. The summed E-state index contributed by atoms with van der Waals surface area (Å²) >= 11 is 0. The number of hydrogen-bond donors (Lipinski definition) is 0. The normalized spacial score (nSPS) is 14.3. The van der Waals surface area contributed by atoms with Crippen LogP contribution < -0.4 is 4.90 Å². The average Bonchev–Trinajstić information content (AvgIpc) is 3.36. The van der Waals surface area contributed by atoms with Gasteiger partial charge in [0, 0.05) is 34.6 Å². The zero-order valence-corrected chi connectivity index (χ0v) is 18.8. The number of pyridine rings is 1. The van der Waals surface area contributed by atoms with E-state index in [9.17, 15) is 9.59 Å². The number of imidazole rings is 1. The van der Waals surface area contributed by atoms with Crippen molar-refractivity contribution in [3.05, 3.63) is 77.5 Å². The molecule has 3 aromatic carbocycles. The molecule has 0 N–H and O–H groups in total. The van der Waals surface area contributed by atoms with Gasteiger partial charge < -0.3 is 0 Å². The number of rotatable bonds is 2. The van der Waals surface area contributed by atoms with Crippen LogP contribution in [-0.4, -0.2) is 21.2 Å². The summed E-state index contributed by atoms with van der Waals surface area (Å²) in [7, 11) is 0. The van der Waals surface area contributed by atoms with Crippen LogP contribution in [0.2, 0.25) is 0 Å². The van der Waals surface area contributed by atoms with E-state index in [1.165, 1.54) is 27.2 Å². The molecule has 33 heavy (non-hydrogen) atoms. The van der Waals surface area contributed by atoms with Crippen LogP contribution in [0.4, 0.5) is 5.69 Å². The van der Waals surface area contributed by atoms with E-state index in [1.807, 2.05) is 36.5 Å². The van der Waals surface area contributed by atoms with Crippen molar-refractivity contribution < 1.29 is 9.59 Å². The van der Waals surface area contributed by atoms with E-state index in [1.54, 1.807) is 0 Å². The molecular formula is C28H23N3O2. The molecule has 1 saturated heterocycles.